The Morgan fingerprint density at radius 2 is 1.65 bits per heavy atom. The summed E-state index contributed by atoms with van der Waals surface area (Å²) in [5, 5.41) is 0. The number of benzene rings is 2. The van der Waals surface area contributed by atoms with Crippen LogP contribution in [-0.2, 0) is 6.18 Å². The van der Waals surface area contributed by atoms with E-state index in [4.69, 9.17) is 0 Å². The normalized spacial score (nSPS) is 11.5. The molecule has 0 nitrogen and oxygen atoms in total. The first-order valence-electron chi connectivity index (χ1n) is 4.82. The number of alkyl halides is 3. The molecule has 0 aliphatic heterocycles. The van der Waals surface area contributed by atoms with Gasteiger partial charge in [0.05, 0.1) is 5.56 Å². The van der Waals surface area contributed by atoms with Gasteiger partial charge >= 0.3 is 6.18 Å². The van der Waals surface area contributed by atoms with E-state index in [9.17, 15) is 13.2 Å². The van der Waals surface area contributed by atoms with Crippen molar-refractivity contribution in [1.29, 1.82) is 0 Å². The Morgan fingerprint density at radius 3 is 2.24 bits per heavy atom. The Bertz CT molecular complexity index is 515. The summed E-state index contributed by atoms with van der Waals surface area (Å²) in [6.07, 6.45) is -4.39. The molecule has 0 aromatic heterocycles. The summed E-state index contributed by atoms with van der Waals surface area (Å²) in [6.45, 7) is 0. The number of hydrogen-bond acceptors (Lipinski definition) is 0. The zero-order chi connectivity index (χ0) is 12.5. The number of rotatable bonds is 1. The highest BCUT2D eigenvalue weighted by Gasteiger charge is 2.33. The van der Waals surface area contributed by atoms with Gasteiger partial charge < -0.3 is 0 Å². The van der Waals surface area contributed by atoms with Crippen molar-refractivity contribution in [3.05, 3.63) is 58.6 Å². The highest BCUT2D eigenvalue weighted by Crippen LogP contribution is 2.36. The Kier molecular flexibility index (Phi) is 3.24. The van der Waals surface area contributed by atoms with Gasteiger partial charge in [-0.3, -0.25) is 0 Å². The number of hydrogen-bond donors (Lipinski definition) is 0. The standard InChI is InChI=1S/C13H7BrF3/c14-10-7-5-9(6-8-10)11-3-1-2-4-12(11)13(15,16)17/h1-3,5-8H. The van der Waals surface area contributed by atoms with Crippen molar-refractivity contribution < 1.29 is 13.2 Å². The molecule has 0 aliphatic rings. The molecular formula is C13H7BrF3. The second-order valence-corrected chi connectivity index (χ2v) is 4.38. The molecule has 0 saturated heterocycles. The molecule has 0 saturated carbocycles. The van der Waals surface area contributed by atoms with E-state index in [0.717, 1.165) is 4.47 Å². The highest BCUT2D eigenvalue weighted by atomic mass is 79.9. The van der Waals surface area contributed by atoms with Crippen LogP contribution in [0, 0.1) is 6.07 Å². The van der Waals surface area contributed by atoms with Gasteiger partial charge in [0.2, 0.25) is 0 Å². The summed E-state index contributed by atoms with van der Waals surface area (Å²) in [5.41, 5.74) is -0.0628. The lowest BCUT2D eigenvalue weighted by molar-refractivity contribution is -0.137. The van der Waals surface area contributed by atoms with E-state index in [1.807, 2.05) is 0 Å². The van der Waals surface area contributed by atoms with Crippen LogP contribution in [0.2, 0.25) is 0 Å². The van der Waals surface area contributed by atoms with Gasteiger partial charge in [0.25, 0.3) is 0 Å². The third-order valence-corrected chi connectivity index (χ3v) is 2.82. The van der Waals surface area contributed by atoms with E-state index in [0.29, 0.717) is 5.56 Å². The summed E-state index contributed by atoms with van der Waals surface area (Å²) in [4.78, 5) is 0. The van der Waals surface area contributed by atoms with Crippen molar-refractivity contribution in [2.75, 3.05) is 0 Å². The van der Waals surface area contributed by atoms with E-state index < -0.39 is 11.7 Å². The van der Waals surface area contributed by atoms with Crippen molar-refractivity contribution in [3.8, 4) is 11.1 Å². The summed E-state index contributed by atoms with van der Waals surface area (Å²) < 4.78 is 39.1. The third-order valence-electron chi connectivity index (χ3n) is 2.29. The van der Waals surface area contributed by atoms with Crippen molar-refractivity contribution in [2.24, 2.45) is 0 Å². The summed E-state index contributed by atoms with van der Waals surface area (Å²) >= 11 is 3.25. The fourth-order valence-electron chi connectivity index (χ4n) is 1.54. The van der Waals surface area contributed by atoms with E-state index >= 15 is 0 Å². The van der Waals surface area contributed by atoms with Crippen molar-refractivity contribution in [3.63, 3.8) is 0 Å². The zero-order valence-corrected chi connectivity index (χ0v) is 10.1. The van der Waals surface area contributed by atoms with Crippen LogP contribution < -0.4 is 0 Å². The largest absolute Gasteiger partial charge is 0.417 e. The van der Waals surface area contributed by atoms with E-state index in [1.165, 1.54) is 12.1 Å². The first-order chi connectivity index (χ1) is 7.98. The van der Waals surface area contributed by atoms with Crippen LogP contribution in [0.15, 0.2) is 46.9 Å². The third kappa shape index (κ3) is 2.69. The van der Waals surface area contributed by atoms with Gasteiger partial charge in [0, 0.05) is 4.47 Å². The van der Waals surface area contributed by atoms with E-state index in [2.05, 4.69) is 22.0 Å². The van der Waals surface area contributed by atoms with Crippen LogP contribution in [0.4, 0.5) is 13.2 Å². The second kappa shape index (κ2) is 4.53. The van der Waals surface area contributed by atoms with Crippen molar-refractivity contribution in [1.82, 2.24) is 0 Å². The first-order valence-corrected chi connectivity index (χ1v) is 5.61. The van der Waals surface area contributed by atoms with Gasteiger partial charge in [0.1, 0.15) is 0 Å². The SMILES string of the molecule is FC(F)(F)c1[c]cccc1-c1ccc(Br)cc1. The highest BCUT2D eigenvalue weighted by molar-refractivity contribution is 9.10. The number of halogens is 4. The minimum absolute atomic E-state index is 0.146. The predicted molar refractivity (Wildman–Crippen MR) is 63.4 cm³/mol. The fourth-order valence-corrected chi connectivity index (χ4v) is 1.81. The Labute approximate surface area is 105 Å². The maximum Gasteiger partial charge on any atom is 0.417 e. The molecule has 0 aliphatic carbocycles. The monoisotopic (exact) mass is 299 g/mol. The summed E-state index contributed by atoms with van der Waals surface area (Å²) in [6, 6.07) is 13.2. The Balaban J connectivity index is 2.56. The first kappa shape index (κ1) is 12.2. The topological polar surface area (TPSA) is 0 Å². The molecule has 2 aromatic carbocycles. The average Bonchev–Trinajstić information content (AvgIpc) is 2.29. The second-order valence-electron chi connectivity index (χ2n) is 3.46. The molecule has 2 rings (SSSR count). The average molecular weight is 300 g/mol. The minimum Gasteiger partial charge on any atom is -0.166 e. The molecule has 0 unspecified atom stereocenters. The molecule has 1 radical (unpaired) electrons. The van der Waals surface area contributed by atoms with Crippen LogP contribution in [0.1, 0.15) is 5.56 Å². The van der Waals surface area contributed by atoms with E-state index in [1.54, 1.807) is 30.3 Å². The quantitative estimate of drug-likeness (QED) is 0.700. The van der Waals surface area contributed by atoms with Crippen LogP contribution in [-0.4, -0.2) is 0 Å². The van der Waals surface area contributed by atoms with Crippen LogP contribution in [0.5, 0.6) is 0 Å². The van der Waals surface area contributed by atoms with Crippen LogP contribution in [0.25, 0.3) is 11.1 Å². The van der Waals surface area contributed by atoms with Gasteiger partial charge in [0.15, 0.2) is 0 Å². The maximum absolute atomic E-state index is 12.8. The lowest BCUT2D eigenvalue weighted by Gasteiger charge is -2.12. The smallest absolute Gasteiger partial charge is 0.166 e. The Hall–Kier alpha value is -1.29. The minimum atomic E-state index is -4.39. The molecule has 0 amide bonds. The molecule has 0 spiro atoms. The predicted octanol–water partition coefficient (Wildman–Crippen LogP) is 4.94. The van der Waals surface area contributed by atoms with Crippen molar-refractivity contribution >= 4 is 15.9 Å². The van der Waals surface area contributed by atoms with Crippen molar-refractivity contribution in [2.45, 2.75) is 6.18 Å². The van der Waals surface area contributed by atoms with Gasteiger partial charge in [-0.2, -0.15) is 13.2 Å². The molecule has 4 heteroatoms. The van der Waals surface area contributed by atoms with Crippen LogP contribution in [0.3, 0.4) is 0 Å². The molecule has 0 heterocycles. The van der Waals surface area contributed by atoms with E-state index in [-0.39, 0.29) is 5.56 Å². The maximum atomic E-state index is 12.8. The van der Waals surface area contributed by atoms with Crippen LogP contribution >= 0.6 is 15.9 Å². The molecule has 0 atom stereocenters. The molecule has 17 heavy (non-hydrogen) atoms. The Morgan fingerprint density at radius 1 is 1.00 bits per heavy atom. The molecule has 0 bridgehead atoms. The van der Waals surface area contributed by atoms with Gasteiger partial charge in [-0.15, -0.1) is 0 Å². The molecule has 0 fully saturated rings. The molecule has 0 N–H and O–H groups in total. The summed E-state index contributed by atoms with van der Waals surface area (Å²) in [5.74, 6) is 0. The molecule has 2 aromatic rings. The van der Waals surface area contributed by atoms with Gasteiger partial charge in [-0.1, -0.05) is 46.3 Å². The molecule has 87 valence electrons. The molecular weight excluding hydrogens is 293 g/mol. The fraction of sp³-hybridized carbons (Fsp3) is 0.0769. The van der Waals surface area contributed by atoms with Gasteiger partial charge in [-0.05, 0) is 29.3 Å². The summed E-state index contributed by atoms with van der Waals surface area (Å²) in [7, 11) is 0. The van der Waals surface area contributed by atoms with Gasteiger partial charge in [-0.25, -0.2) is 0 Å². The lowest BCUT2D eigenvalue weighted by atomic mass is 9.99. The lowest BCUT2D eigenvalue weighted by Crippen LogP contribution is -2.07. The zero-order valence-electron chi connectivity index (χ0n) is 8.55.